The molecule has 3 aliphatic carbocycles. The molecule has 30 heavy (non-hydrogen) atoms. The molecule has 2 fully saturated rings. The van der Waals surface area contributed by atoms with E-state index in [1.807, 2.05) is 13.0 Å². The van der Waals surface area contributed by atoms with Crippen molar-refractivity contribution < 1.29 is 29.6 Å². The van der Waals surface area contributed by atoms with Crippen LogP contribution in [0.5, 0.6) is 5.75 Å². The molecule has 1 aromatic rings. The van der Waals surface area contributed by atoms with Gasteiger partial charge in [-0.1, -0.05) is 13.0 Å². The molecule has 4 rings (SSSR count). The van der Waals surface area contributed by atoms with Crippen LogP contribution < -0.4 is 14.5 Å². The van der Waals surface area contributed by atoms with Gasteiger partial charge in [-0.15, -0.1) is 0 Å². The highest BCUT2D eigenvalue weighted by Gasteiger charge is 2.61. The Morgan fingerprint density at radius 3 is 2.53 bits per heavy atom. The predicted molar refractivity (Wildman–Crippen MR) is 108 cm³/mol. The number of alkyl halides is 1. The number of aryl methyl sites for hydroxylation is 1. The van der Waals surface area contributed by atoms with Crippen LogP contribution >= 0.6 is 0 Å². The van der Waals surface area contributed by atoms with Gasteiger partial charge in [0, 0.05) is 5.41 Å². The van der Waals surface area contributed by atoms with Crippen molar-refractivity contribution in [3.05, 3.63) is 29.3 Å². The molecule has 2 saturated carbocycles. The zero-order valence-corrected chi connectivity index (χ0v) is 18.3. The third-order valence-corrected chi connectivity index (χ3v) is 8.34. The van der Waals surface area contributed by atoms with E-state index in [4.69, 9.17) is 18.6 Å². The van der Waals surface area contributed by atoms with Gasteiger partial charge in [0.25, 0.3) is 0 Å². The van der Waals surface area contributed by atoms with E-state index in [0.717, 1.165) is 24.0 Å². The van der Waals surface area contributed by atoms with E-state index in [-0.39, 0.29) is 29.9 Å². The fourth-order valence-electron chi connectivity index (χ4n) is 6.42. The Bertz CT molecular complexity index is 1050. The molecule has 4 N–H and O–H groups in total. The maximum Gasteiger partial charge on any atom is 0.380 e. The average Bonchev–Trinajstić information content (AvgIpc) is 2.91. The van der Waals surface area contributed by atoms with E-state index in [1.165, 1.54) is 0 Å². The van der Waals surface area contributed by atoms with Crippen LogP contribution in [-0.4, -0.2) is 29.1 Å². The number of hydrogen-bond donors (Lipinski definition) is 2. The van der Waals surface area contributed by atoms with Gasteiger partial charge in [-0.05, 0) is 79.5 Å². The largest absolute Gasteiger partial charge is 0.380 e. The second-order valence-electron chi connectivity index (χ2n) is 8.74. The fourth-order valence-corrected chi connectivity index (χ4v) is 7.39. The predicted octanol–water partition coefficient (Wildman–Crippen LogP) is 2.05. The lowest BCUT2D eigenvalue weighted by molar-refractivity contribution is -0.0361. The Morgan fingerprint density at radius 2 is 1.90 bits per heavy atom. The minimum absolute atomic E-state index is 0.00324. The average molecular weight is 463 g/mol. The topological polar surface area (TPSA) is 139 Å². The molecule has 0 radical (unpaired) electrons. The SMILES string of the molecule is CC[C@]12CC[C@@H]3c4ccc(OS(N)(=O)=O)cc4CC[C@H]3[C@@H]1C[C@@H](F)[C@@H]2OS(N)(=O)=O. The molecular weight excluding hydrogens is 435 g/mol. The molecule has 11 heteroatoms. The molecule has 6 atom stereocenters. The first-order valence-electron chi connectivity index (χ1n) is 10.1. The molecule has 0 unspecified atom stereocenters. The summed E-state index contributed by atoms with van der Waals surface area (Å²) in [5.74, 6) is 0.571. The summed E-state index contributed by atoms with van der Waals surface area (Å²) in [5, 5.41) is 10.0. The zero-order valence-electron chi connectivity index (χ0n) is 16.7. The van der Waals surface area contributed by atoms with Crippen LogP contribution in [-0.2, 0) is 31.2 Å². The van der Waals surface area contributed by atoms with Crippen molar-refractivity contribution in [2.24, 2.45) is 27.5 Å². The smallest absolute Gasteiger partial charge is 0.371 e. The molecule has 0 spiro atoms. The van der Waals surface area contributed by atoms with E-state index >= 15 is 0 Å². The second-order valence-corrected chi connectivity index (χ2v) is 11.1. The summed E-state index contributed by atoms with van der Waals surface area (Å²) < 4.78 is 70.4. The minimum Gasteiger partial charge on any atom is -0.371 e. The highest BCUT2D eigenvalue weighted by atomic mass is 32.2. The Morgan fingerprint density at radius 1 is 1.17 bits per heavy atom. The van der Waals surface area contributed by atoms with Gasteiger partial charge in [0.1, 0.15) is 18.0 Å². The van der Waals surface area contributed by atoms with Gasteiger partial charge in [0.15, 0.2) is 0 Å². The van der Waals surface area contributed by atoms with E-state index in [1.54, 1.807) is 12.1 Å². The lowest BCUT2D eigenvalue weighted by atomic mass is 9.54. The van der Waals surface area contributed by atoms with Crippen molar-refractivity contribution in [3.8, 4) is 5.75 Å². The number of nitrogens with two attached hydrogens (primary N) is 2. The van der Waals surface area contributed by atoms with E-state index in [9.17, 15) is 21.2 Å². The van der Waals surface area contributed by atoms with Gasteiger partial charge in [-0.3, -0.25) is 4.18 Å². The van der Waals surface area contributed by atoms with Crippen LogP contribution in [0.4, 0.5) is 4.39 Å². The zero-order chi connectivity index (χ0) is 21.9. The summed E-state index contributed by atoms with van der Waals surface area (Å²) in [5.41, 5.74) is 1.57. The molecule has 1 aromatic carbocycles. The van der Waals surface area contributed by atoms with Gasteiger partial charge >= 0.3 is 20.6 Å². The molecular formula is C19H27FN2O6S2. The molecule has 0 aromatic heterocycles. The summed E-state index contributed by atoms with van der Waals surface area (Å²) in [6.07, 6.45) is 1.38. The van der Waals surface area contributed by atoms with Crippen molar-refractivity contribution in [1.82, 2.24) is 0 Å². The lowest BCUT2D eigenvalue weighted by Gasteiger charge is -2.51. The monoisotopic (exact) mass is 462 g/mol. The summed E-state index contributed by atoms with van der Waals surface area (Å²) >= 11 is 0. The normalized spacial score (nSPS) is 35.9. The molecule has 0 aliphatic heterocycles. The van der Waals surface area contributed by atoms with Crippen molar-refractivity contribution in [3.63, 3.8) is 0 Å². The van der Waals surface area contributed by atoms with E-state index in [0.29, 0.717) is 19.3 Å². The summed E-state index contributed by atoms with van der Waals surface area (Å²) in [7, 11) is -8.34. The Labute approximate surface area is 176 Å². The van der Waals surface area contributed by atoms with Crippen molar-refractivity contribution in [2.75, 3.05) is 0 Å². The Hall–Kier alpha value is -1.27. The van der Waals surface area contributed by atoms with E-state index in [2.05, 4.69) is 0 Å². The molecule has 8 nitrogen and oxygen atoms in total. The van der Waals surface area contributed by atoms with Crippen LogP contribution in [0.2, 0.25) is 0 Å². The van der Waals surface area contributed by atoms with Gasteiger partial charge in [0.2, 0.25) is 0 Å². The number of hydrogen-bond acceptors (Lipinski definition) is 6. The summed E-state index contributed by atoms with van der Waals surface area (Å²) in [6, 6.07) is 5.16. The van der Waals surface area contributed by atoms with Crippen LogP contribution in [0.15, 0.2) is 18.2 Å². The maximum atomic E-state index is 15.0. The molecule has 0 bridgehead atoms. The van der Waals surface area contributed by atoms with Crippen LogP contribution in [0, 0.1) is 17.3 Å². The Balaban J connectivity index is 1.64. The number of fused-ring (bicyclic) bond motifs is 5. The first-order chi connectivity index (χ1) is 13.9. The van der Waals surface area contributed by atoms with Crippen molar-refractivity contribution in [2.45, 2.75) is 63.6 Å². The van der Waals surface area contributed by atoms with E-state index < -0.39 is 38.3 Å². The van der Waals surface area contributed by atoms with Gasteiger partial charge in [0.05, 0.1) is 0 Å². The number of benzene rings is 1. The first kappa shape index (κ1) is 21.9. The third kappa shape index (κ3) is 3.86. The summed E-state index contributed by atoms with van der Waals surface area (Å²) in [6.45, 7) is 1.96. The highest BCUT2D eigenvalue weighted by Crippen LogP contribution is 2.63. The fraction of sp³-hybridized carbons (Fsp3) is 0.684. The number of halogens is 1. The second kappa shape index (κ2) is 7.40. The molecule has 3 aliphatic rings. The van der Waals surface area contributed by atoms with Gasteiger partial charge in [-0.2, -0.15) is 22.0 Å². The van der Waals surface area contributed by atoms with Crippen LogP contribution in [0.25, 0.3) is 0 Å². The highest BCUT2D eigenvalue weighted by molar-refractivity contribution is 7.84. The maximum absolute atomic E-state index is 15.0. The standard InChI is InChI=1S/C19H27FN2O6S2/c1-2-19-8-7-14-13-6-4-12(27-29(21,23)24)9-11(13)3-5-15(14)16(19)10-17(20)18(19)28-30(22,25)26/h4,6,9,14-18H,2-3,5,7-8,10H2,1H3,(H2,21,23,24)(H2,22,25,26)/t14-,15-,16+,17-,18+,19+/m1/s1. The van der Waals surface area contributed by atoms with Crippen molar-refractivity contribution in [1.29, 1.82) is 0 Å². The molecule has 0 amide bonds. The Kier molecular flexibility index (Phi) is 5.42. The minimum atomic E-state index is -4.25. The molecule has 168 valence electrons. The van der Waals surface area contributed by atoms with Crippen molar-refractivity contribution >= 4 is 20.6 Å². The first-order valence-corrected chi connectivity index (χ1v) is 13.1. The van der Waals surface area contributed by atoms with Crippen LogP contribution in [0.3, 0.4) is 0 Å². The van der Waals surface area contributed by atoms with Gasteiger partial charge in [-0.25, -0.2) is 9.53 Å². The van der Waals surface area contributed by atoms with Crippen LogP contribution in [0.1, 0.15) is 56.1 Å². The third-order valence-electron chi connectivity index (χ3n) is 7.44. The summed E-state index contributed by atoms with van der Waals surface area (Å²) in [4.78, 5) is 0. The molecule has 0 saturated heterocycles. The molecule has 0 heterocycles. The van der Waals surface area contributed by atoms with Gasteiger partial charge < -0.3 is 4.18 Å². The quantitative estimate of drug-likeness (QED) is 0.687. The lowest BCUT2D eigenvalue weighted by Crippen LogP contribution is -2.48. The number of rotatable bonds is 5.